The zero-order chi connectivity index (χ0) is 10.9. The van der Waals surface area contributed by atoms with Crippen LogP contribution in [0, 0.1) is 16.7 Å². The normalized spacial score (nSPS) is 22.1. The van der Waals surface area contributed by atoms with Gasteiger partial charge in [0.2, 0.25) is 0 Å². The first kappa shape index (κ1) is 10.1. The number of hydrogen-bond donors (Lipinski definition) is 1. The first-order valence-corrected chi connectivity index (χ1v) is 5.21. The maximum absolute atomic E-state index is 8.86. The molecule has 3 heteroatoms. The molecule has 1 aliphatic rings. The Kier molecular flexibility index (Phi) is 2.45. The number of aromatic nitrogens is 1. The molecular formula is C12H15N3. The summed E-state index contributed by atoms with van der Waals surface area (Å²) < 4.78 is 0. The zero-order valence-corrected chi connectivity index (χ0v) is 9.12. The molecule has 0 radical (unpaired) electrons. The smallest absolute Gasteiger partial charge is 0.144 e. The molecule has 78 valence electrons. The van der Waals surface area contributed by atoms with Gasteiger partial charge in [0.05, 0.1) is 0 Å². The number of hydrogen-bond acceptors (Lipinski definition) is 3. The molecule has 0 aliphatic heterocycles. The van der Waals surface area contributed by atoms with Crippen LogP contribution in [-0.4, -0.2) is 11.0 Å². The van der Waals surface area contributed by atoms with Crippen molar-refractivity contribution in [1.82, 2.24) is 10.3 Å². The summed E-state index contributed by atoms with van der Waals surface area (Å²) in [6.07, 6.45) is 2.87. The van der Waals surface area contributed by atoms with Crippen molar-refractivity contribution < 1.29 is 0 Å². The quantitative estimate of drug-likeness (QED) is 0.811. The number of nitrogens with one attached hydrogen (secondary N) is 1. The fraction of sp³-hybridized carbons (Fsp3) is 0.500. The average molecular weight is 201 g/mol. The molecule has 1 aromatic heterocycles. The average Bonchev–Trinajstić information content (AvgIpc) is 2.84. The van der Waals surface area contributed by atoms with Gasteiger partial charge in [-0.25, -0.2) is 4.98 Å². The number of nitrogens with zero attached hydrogens (tertiary/aromatic N) is 2. The molecular weight excluding hydrogens is 186 g/mol. The third-order valence-corrected chi connectivity index (χ3v) is 3.05. The summed E-state index contributed by atoms with van der Waals surface area (Å²) in [7, 11) is 0. The van der Waals surface area contributed by atoms with Crippen LogP contribution in [0.25, 0.3) is 0 Å². The molecule has 15 heavy (non-hydrogen) atoms. The van der Waals surface area contributed by atoms with E-state index in [-0.39, 0.29) is 0 Å². The molecule has 3 nitrogen and oxygen atoms in total. The minimum atomic E-state index is 0.426. The first-order chi connectivity index (χ1) is 7.13. The van der Waals surface area contributed by atoms with E-state index in [0.29, 0.717) is 17.2 Å². The van der Waals surface area contributed by atoms with E-state index in [4.69, 9.17) is 5.26 Å². The highest BCUT2D eigenvalue weighted by molar-refractivity contribution is 5.30. The minimum absolute atomic E-state index is 0.426. The van der Waals surface area contributed by atoms with Gasteiger partial charge in [0, 0.05) is 24.3 Å². The van der Waals surface area contributed by atoms with Gasteiger partial charge in [-0.15, -0.1) is 0 Å². The van der Waals surface area contributed by atoms with Crippen molar-refractivity contribution in [2.45, 2.75) is 32.9 Å². The van der Waals surface area contributed by atoms with Crippen LogP contribution >= 0.6 is 0 Å². The van der Waals surface area contributed by atoms with Crippen LogP contribution < -0.4 is 5.32 Å². The Bertz CT molecular complexity index is 404. The zero-order valence-electron chi connectivity index (χ0n) is 9.12. The predicted molar refractivity (Wildman–Crippen MR) is 58.0 cm³/mol. The first-order valence-electron chi connectivity index (χ1n) is 5.21. The maximum Gasteiger partial charge on any atom is 0.144 e. The number of pyridine rings is 1. The summed E-state index contributed by atoms with van der Waals surface area (Å²) in [5.74, 6) is 0. The number of nitriles is 1. The Morgan fingerprint density at radius 3 is 3.00 bits per heavy atom. The molecule has 1 fully saturated rings. The minimum Gasteiger partial charge on any atom is -0.309 e. The van der Waals surface area contributed by atoms with E-state index >= 15 is 0 Å². The summed E-state index contributed by atoms with van der Waals surface area (Å²) in [4.78, 5) is 4.03. The topological polar surface area (TPSA) is 48.7 Å². The third-order valence-electron chi connectivity index (χ3n) is 3.05. The molecule has 0 aromatic carbocycles. The van der Waals surface area contributed by atoms with E-state index in [1.54, 1.807) is 6.20 Å². The van der Waals surface area contributed by atoms with Gasteiger partial charge in [0.25, 0.3) is 0 Å². The van der Waals surface area contributed by atoms with Crippen molar-refractivity contribution in [2.75, 3.05) is 0 Å². The molecule has 1 heterocycles. The van der Waals surface area contributed by atoms with Gasteiger partial charge in [-0.2, -0.15) is 5.26 Å². The Morgan fingerprint density at radius 1 is 1.67 bits per heavy atom. The monoisotopic (exact) mass is 201 g/mol. The van der Waals surface area contributed by atoms with Crippen LogP contribution in [0.15, 0.2) is 18.3 Å². The standard InChI is InChI=1S/C12H15N3/c1-12(2)6-11(12)15-8-9-4-3-5-14-10(9)7-13/h3-5,11,15H,6,8H2,1-2H3. The second-order valence-corrected chi connectivity index (χ2v) is 4.75. The van der Waals surface area contributed by atoms with Gasteiger partial charge < -0.3 is 5.32 Å². The van der Waals surface area contributed by atoms with Gasteiger partial charge in [-0.3, -0.25) is 0 Å². The van der Waals surface area contributed by atoms with Gasteiger partial charge in [0.15, 0.2) is 0 Å². The Hall–Kier alpha value is -1.40. The van der Waals surface area contributed by atoms with Gasteiger partial charge >= 0.3 is 0 Å². The molecule has 1 unspecified atom stereocenters. The molecule has 0 bridgehead atoms. The maximum atomic E-state index is 8.86. The fourth-order valence-electron chi connectivity index (χ4n) is 1.73. The lowest BCUT2D eigenvalue weighted by Gasteiger charge is -2.07. The molecule has 0 saturated heterocycles. The van der Waals surface area contributed by atoms with Crippen LogP contribution in [-0.2, 0) is 6.54 Å². The van der Waals surface area contributed by atoms with E-state index in [9.17, 15) is 0 Å². The molecule has 1 aromatic rings. The molecule has 2 rings (SSSR count). The lowest BCUT2D eigenvalue weighted by atomic mass is 10.1. The van der Waals surface area contributed by atoms with Crippen LogP contribution in [0.4, 0.5) is 0 Å². The van der Waals surface area contributed by atoms with Crippen LogP contribution in [0.2, 0.25) is 0 Å². The van der Waals surface area contributed by atoms with Crippen molar-refractivity contribution >= 4 is 0 Å². The van der Waals surface area contributed by atoms with E-state index in [1.807, 2.05) is 12.1 Å². The molecule has 1 N–H and O–H groups in total. The fourth-order valence-corrected chi connectivity index (χ4v) is 1.73. The third kappa shape index (κ3) is 2.16. The van der Waals surface area contributed by atoms with E-state index < -0.39 is 0 Å². The van der Waals surface area contributed by atoms with Crippen molar-refractivity contribution in [3.05, 3.63) is 29.6 Å². The highest BCUT2D eigenvalue weighted by Gasteiger charge is 2.45. The highest BCUT2D eigenvalue weighted by atomic mass is 15.0. The van der Waals surface area contributed by atoms with Gasteiger partial charge in [0.1, 0.15) is 11.8 Å². The second-order valence-electron chi connectivity index (χ2n) is 4.75. The summed E-state index contributed by atoms with van der Waals surface area (Å²) in [6, 6.07) is 6.52. The largest absolute Gasteiger partial charge is 0.309 e. The van der Waals surface area contributed by atoms with Gasteiger partial charge in [-0.1, -0.05) is 19.9 Å². The molecule has 0 spiro atoms. The highest BCUT2D eigenvalue weighted by Crippen LogP contribution is 2.44. The lowest BCUT2D eigenvalue weighted by Crippen LogP contribution is -2.20. The Morgan fingerprint density at radius 2 is 2.40 bits per heavy atom. The van der Waals surface area contributed by atoms with Crippen molar-refractivity contribution in [3.63, 3.8) is 0 Å². The molecule has 1 atom stereocenters. The van der Waals surface area contributed by atoms with Crippen molar-refractivity contribution in [2.24, 2.45) is 5.41 Å². The molecule has 1 saturated carbocycles. The summed E-state index contributed by atoms with van der Waals surface area (Å²) in [6.45, 7) is 5.24. The van der Waals surface area contributed by atoms with Crippen LogP contribution in [0.3, 0.4) is 0 Å². The SMILES string of the molecule is CC1(C)CC1NCc1cccnc1C#N. The molecule has 1 aliphatic carbocycles. The van der Waals surface area contributed by atoms with Crippen molar-refractivity contribution in [1.29, 1.82) is 5.26 Å². The van der Waals surface area contributed by atoms with E-state index in [2.05, 4.69) is 30.2 Å². The van der Waals surface area contributed by atoms with Gasteiger partial charge in [-0.05, 0) is 17.9 Å². The Balaban J connectivity index is 1.97. The molecule has 0 amide bonds. The second kappa shape index (κ2) is 3.63. The van der Waals surface area contributed by atoms with Crippen LogP contribution in [0.5, 0.6) is 0 Å². The van der Waals surface area contributed by atoms with Crippen LogP contribution in [0.1, 0.15) is 31.5 Å². The lowest BCUT2D eigenvalue weighted by molar-refractivity contribution is 0.541. The predicted octanol–water partition coefficient (Wildman–Crippen LogP) is 1.84. The summed E-state index contributed by atoms with van der Waals surface area (Å²) in [5.41, 5.74) is 1.95. The number of rotatable bonds is 3. The van der Waals surface area contributed by atoms with E-state index in [1.165, 1.54) is 6.42 Å². The summed E-state index contributed by atoms with van der Waals surface area (Å²) >= 11 is 0. The summed E-state index contributed by atoms with van der Waals surface area (Å²) in [5, 5.41) is 12.3. The van der Waals surface area contributed by atoms with E-state index in [0.717, 1.165) is 12.1 Å². The Labute approximate surface area is 90.1 Å². The van der Waals surface area contributed by atoms with Crippen molar-refractivity contribution in [3.8, 4) is 6.07 Å².